The molecule has 3 aliphatic rings. The molecule has 2 unspecified atom stereocenters. The Bertz CT molecular complexity index is 1310. The molecule has 2 bridgehead atoms. The first kappa shape index (κ1) is 18.0. The maximum Gasteiger partial charge on any atom is 0.277 e. The molecule has 3 aromatic rings. The van der Waals surface area contributed by atoms with Crippen molar-refractivity contribution in [3.8, 4) is 0 Å². The van der Waals surface area contributed by atoms with Gasteiger partial charge in [0.15, 0.2) is 0 Å². The molecule has 31 heavy (non-hydrogen) atoms. The molecule has 4 atom stereocenters. The zero-order valence-electron chi connectivity index (χ0n) is 16.5. The van der Waals surface area contributed by atoms with E-state index in [1.54, 1.807) is 24.3 Å². The molecule has 1 saturated heterocycles. The first-order valence-electron chi connectivity index (χ1n) is 10.4. The molecule has 2 amide bonds. The number of allylic oxidation sites excluding steroid dienone is 2. The number of fused-ring (bicyclic) bond motifs is 6. The highest BCUT2D eigenvalue weighted by Crippen LogP contribution is 2.58. The number of nitrogens with zero attached hydrogens (tertiary/aromatic N) is 2. The Kier molecular flexibility index (Phi) is 3.69. The van der Waals surface area contributed by atoms with Crippen LogP contribution in [0.2, 0.25) is 0 Å². The number of nitro benzene ring substituents is 1. The number of imide groups is 1. The number of nitro groups is 1. The maximum absolute atomic E-state index is 13.6. The van der Waals surface area contributed by atoms with Crippen LogP contribution in [0.1, 0.15) is 12.0 Å². The van der Waals surface area contributed by atoms with Crippen molar-refractivity contribution in [2.24, 2.45) is 23.7 Å². The third-order valence-corrected chi connectivity index (χ3v) is 7.03. The summed E-state index contributed by atoms with van der Waals surface area (Å²) < 4.78 is 0. The maximum atomic E-state index is 13.6. The molecule has 152 valence electrons. The average Bonchev–Trinajstić information content (AvgIpc) is 3.45. The SMILES string of the molecule is O=C1[C@@H]2C3CC(C=C3c3ccccc3)[C@@H]2C(=O)N1c1ccc([N+](=O)[O-])c2ccccc12. The minimum Gasteiger partial charge on any atom is -0.274 e. The van der Waals surface area contributed by atoms with Gasteiger partial charge in [0.05, 0.1) is 27.8 Å². The van der Waals surface area contributed by atoms with E-state index in [-0.39, 0.29) is 41.2 Å². The van der Waals surface area contributed by atoms with E-state index >= 15 is 0 Å². The highest BCUT2D eigenvalue weighted by Gasteiger charge is 2.61. The molecule has 0 radical (unpaired) electrons. The molecule has 6 nitrogen and oxygen atoms in total. The summed E-state index contributed by atoms with van der Waals surface area (Å²) in [4.78, 5) is 39.3. The third-order valence-electron chi connectivity index (χ3n) is 7.03. The van der Waals surface area contributed by atoms with Gasteiger partial charge in [0.25, 0.3) is 5.69 Å². The van der Waals surface area contributed by atoms with Crippen LogP contribution >= 0.6 is 0 Å². The van der Waals surface area contributed by atoms with E-state index in [0.717, 1.165) is 17.6 Å². The van der Waals surface area contributed by atoms with Crippen LogP contribution in [0.15, 0.2) is 72.8 Å². The van der Waals surface area contributed by atoms with Crippen LogP contribution in [0, 0.1) is 33.8 Å². The van der Waals surface area contributed by atoms with Crippen molar-refractivity contribution in [3.05, 3.63) is 88.5 Å². The van der Waals surface area contributed by atoms with Gasteiger partial charge in [0.1, 0.15) is 0 Å². The lowest BCUT2D eigenvalue weighted by molar-refractivity contribution is -0.383. The number of non-ortho nitro benzene ring substituents is 1. The molecule has 1 heterocycles. The highest BCUT2D eigenvalue weighted by molar-refractivity contribution is 6.26. The van der Waals surface area contributed by atoms with Crippen LogP contribution in [0.4, 0.5) is 11.4 Å². The molecule has 1 aliphatic heterocycles. The van der Waals surface area contributed by atoms with E-state index in [0.29, 0.717) is 16.5 Å². The van der Waals surface area contributed by atoms with E-state index in [2.05, 4.69) is 6.08 Å². The van der Waals surface area contributed by atoms with Gasteiger partial charge in [-0.15, -0.1) is 0 Å². The van der Waals surface area contributed by atoms with Crippen LogP contribution in [0.5, 0.6) is 0 Å². The van der Waals surface area contributed by atoms with Gasteiger partial charge in [0.2, 0.25) is 11.8 Å². The Morgan fingerprint density at radius 1 is 0.839 bits per heavy atom. The second-order valence-corrected chi connectivity index (χ2v) is 8.46. The van der Waals surface area contributed by atoms with E-state index in [9.17, 15) is 19.7 Å². The summed E-state index contributed by atoms with van der Waals surface area (Å²) in [7, 11) is 0. The molecule has 2 fully saturated rings. The third kappa shape index (κ3) is 2.39. The van der Waals surface area contributed by atoms with E-state index in [1.165, 1.54) is 17.0 Å². The summed E-state index contributed by atoms with van der Waals surface area (Å²) in [6, 6.07) is 19.8. The van der Waals surface area contributed by atoms with Gasteiger partial charge >= 0.3 is 0 Å². The highest BCUT2D eigenvalue weighted by atomic mass is 16.6. The summed E-state index contributed by atoms with van der Waals surface area (Å²) in [5.74, 6) is -1.02. The van der Waals surface area contributed by atoms with Crippen LogP contribution in [-0.4, -0.2) is 16.7 Å². The predicted octanol–water partition coefficient (Wildman–Crippen LogP) is 4.59. The second kappa shape index (κ2) is 6.35. The smallest absolute Gasteiger partial charge is 0.274 e. The van der Waals surface area contributed by atoms with Crippen LogP contribution < -0.4 is 4.90 Å². The zero-order chi connectivity index (χ0) is 21.3. The number of carbonyl (C=O) groups is 2. The Labute approximate surface area is 177 Å². The first-order valence-corrected chi connectivity index (χ1v) is 10.4. The van der Waals surface area contributed by atoms with E-state index in [4.69, 9.17) is 0 Å². The van der Waals surface area contributed by atoms with Crippen molar-refractivity contribution < 1.29 is 14.5 Å². The number of rotatable bonds is 3. The zero-order valence-corrected chi connectivity index (χ0v) is 16.5. The quantitative estimate of drug-likeness (QED) is 0.359. The molecular formula is C25H18N2O4. The standard InChI is InChI=1S/C25H18N2O4/c28-24-22-15-12-18(14-6-2-1-3-7-14)19(13-15)23(22)25(29)26(24)20-10-11-21(27(30)31)17-9-5-4-8-16(17)20/h1-12,15,19,22-23H,13H2/t15?,19?,22-,23+/m0/s1. The van der Waals surface area contributed by atoms with Crippen molar-refractivity contribution in [1.29, 1.82) is 0 Å². The van der Waals surface area contributed by atoms with Crippen molar-refractivity contribution in [2.75, 3.05) is 4.90 Å². The van der Waals surface area contributed by atoms with Crippen molar-refractivity contribution in [1.82, 2.24) is 0 Å². The fourth-order valence-corrected chi connectivity index (χ4v) is 5.82. The molecule has 0 N–H and O–H groups in total. The summed E-state index contributed by atoms with van der Waals surface area (Å²) in [5, 5.41) is 12.4. The summed E-state index contributed by atoms with van der Waals surface area (Å²) >= 11 is 0. The van der Waals surface area contributed by atoms with Crippen molar-refractivity contribution in [2.45, 2.75) is 6.42 Å². The number of hydrogen-bond donors (Lipinski definition) is 0. The number of carbonyl (C=O) groups excluding carboxylic acids is 2. The lowest BCUT2D eigenvalue weighted by Crippen LogP contribution is -2.33. The van der Waals surface area contributed by atoms with Crippen LogP contribution in [0.3, 0.4) is 0 Å². The molecule has 0 spiro atoms. The number of benzene rings is 3. The minimum absolute atomic E-state index is 0.0307. The molecule has 3 aromatic carbocycles. The number of anilines is 1. The van der Waals surface area contributed by atoms with Gasteiger partial charge in [-0.2, -0.15) is 0 Å². The molecule has 1 saturated carbocycles. The van der Waals surface area contributed by atoms with Gasteiger partial charge < -0.3 is 0 Å². The first-order chi connectivity index (χ1) is 15.1. The van der Waals surface area contributed by atoms with E-state index in [1.807, 2.05) is 30.3 Å². The fourth-order valence-electron chi connectivity index (χ4n) is 5.82. The van der Waals surface area contributed by atoms with Gasteiger partial charge in [-0.3, -0.25) is 19.7 Å². The summed E-state index contributed by atoms with van der Waals surface area (Å²) in [6.07, 6.45) is 3.00. The summed E-state index contributed by atoms with van der Waals surface area (Å²) in [5.41, 5.74) is 2.66. The largest absolute Gasteiger partial charge is 0.277 e. The number of hydrogen-bond acceptors (Lipinski definition) is 4. The Hall–Kier alpha value is -3.80. The van der Waals surface area contributed by atoms with Crippen LogP contribution in [0.25, 0.3) is 16.3 Å². The molecular weight excluding hydrogens is 392 g/mol. The van der Waals surface area contributed by atoms with Crippen LogP contribution in [-0.2, 0) is 9.59 Å². The van der Waals surface area contributed by atoms with Crippen molar-refractivity contribution in [3.63, 3.8) is 0 Å². The lowest BCUT2D eigenvalue weighted by atomic mass is 9.79. The van der Waals surface area contributed by atoms with Crippen molar-refractivity contribution >= 4 is 39.5 Å². The number of amides is 2. The molecule has 2 aliphatic carbocycles. The van der Waals surface area contributed by atoms with Gasteiger partial charge in [-0.25, -0.2) is 4.90 Å². The Balaban J connectivity index is 1.44. The predicted molar refractivity (Wildman–Crippen MR) is 116 cm³/mol. The molecule has 6 heteroatoms. The minimum atomic E-state index is -0.440. The second-order valence-electron chi connectivity index (χ2n) is 8.46. The molecule has 6 rings (SSSR count). The lowest BCUT2D eigenvalue weighted by Gasteiger charge is -2.22. The molecule has 0 aromatic heterocycles. The monoisotopic (exact) mass is 410 g/mol. The summed E-state index contributed by atoms with van der Waals surface area (Å²) in [6.45, 7) is 0. The normalized spacial score (nSPS) is 26.5. The van der Waals surface area contributed by atoms with Gasteiger partial charge in [-0.1, -0.05) is 54.6 Å². The Morgan fingerprint density at radius 2 is 1.52 bits per heavy atom. The van der Waals surface area contributed by atoms with Gasteiger partial charge in [0, 0.05) is 11.5 Å². The average molecular weight is 410 g/mol. The Morgan fingerprint density at radius 3 is 2.26 bits per heavy atom. The van der Waals surface area contributed by atoms with Gasteiger partial charge in [-0.05, 0) is 41.5 Å². The van der Waals surface area contributed by atoms with E-state index < -0.39 is 4.92 Å². The topological polar surface area (TPSA) is 80.5 Å². The fraction of sp³-hybridized carbons (Fsp3) is 0.200.